The highest BCUT2D eigenvalue weighted by Gasteiger charge is 2.57. The molecule has 3 heteroatoms. The van der Waals surface area contributed by atoms with Gasteiger partial charge in [0, 0.05) is 11.0 Å². The number of aliphatic hydroxyl groups is 1. The number of ether oxygens (including phenoxy) is 1. The molecule has 0 unspecified atom stereocenters. The number of hydrogen-bond acceptors (Lipinski definition) is 3. The average Bonchev–Trinajstić information content (AvgIpc) is 2.68. The number of carbonyl (C=O) groups is 1. The number of esters is 1. The second kappa shape index (κ2) is 3.60. The summed E-state index contributed by atoms with van der Waals surface area (Å²) in [6.07, 6.45) is 3.37. The summed E-state index contributed by atoms with van der Waals surface area (Å²) in [5.41, 5.74) is 1.91. The summed E-state index contributed by atoms with van der Waals surface area (Å²) in [6, 6.07) is 0. The van der Waals surface area contributed by atoms with E-state index in [2.05, 4.69) is 20.8 Å². The molecule has 3 rings (SSSR count). The van der Waals surface area contributed by atoms with Crippen LogP contribution in [0.3, 0.4) is 0 Å². The van der Waals surface area contributed by atoms with E-state index in [4.69, 9.17) is 4.74 Å². The van der Waals surface area contributed by atoms with Gasteiger partial charge in [-0.25, -0.2) is 4.79 Å². The van der Waals surface area contributed by atoms with Crippen molar-refractivity contribution in [1.29, 1.82) is 0 Å². The molecule has 1 heterocycles. The first kappa shape index (κ1) is 12.2. The van der Waals surface area contributed by atoms with E-state index in [9.17, 15) is 9.90 Å². The predicted molar refractivity (Wildman–Crippen MR) is 67.8 cm³/mol. The van der Waals surface area contributed by atoms with Gasteiger partial charge >= 0.3 is 5.97 Å². The highest BCUT2D eigenvalue weighted by molar-refractivity contribution is 5.92. The average molecular weight is 250 g/mol. The molecule has 3 nitrogen and oxygen atoms in total. The SMILES string of the molecule is CC1(C)CC[C@H](O)[C@]2(C)C3=C(CC[C@@H]12)C(=O)OC3. The summed E-state index contributed by atoms with van der Waals surface area (Å²) in [4.78, 5) is 11.7. The minimum Gasteiger partial charge on any atom is -0.458 e. The molecule has 3 aliphatic rings. The Morgan fingerprint density at radius 3 is 2.72 bits per heavy atom. The molecule has 3 atom stereocenters. The van der Waals surface area contributed by atoms with Crippen LogP contribution in [0.2, 0.25) is 0 Å². The molecule has 0 aromatic carbocycles. The third kappa shape index (κ3) is 1.37. The van der Waals surface area contributed by atoms with Crippen molar-refractivity contribution < 1.29 is 14.6 Å². The third-order valence-corrected chi connectivity index (χ3v) is 5.71. The van der Waals surface area contributed by atoms with E-state index in [-0.39, 0.29) is 22.9 Å². The van der Waals surface area contributed by atoms with Crippen molar-refractivity contribution in [2.24, 2.45) is 16.7 Å². The van der Waals surface area contributed by atoms with Crippen LogP contribution in [-0.4, -0.2) is 23.8 Å². The molecule has 0 bridgehead atoms. The summed E-state index contributed by atoms with van der Waals surface area (Å²) in [5, 5.41) is 10.5. The minimum atomic E-state index is -0.338. The van der Waals surface area contributed by atoms with E-state index in [1.165, 1.54) is 0 Å². The summed E-state index contributed by atoms with van der Waals surface area (Å²) in [5.74, 6) is 0.294. The van der Waals surface area contributed by atoms with Crippen molar-refractivity contribution in [3.8, 4) is 0 Å². The maximum atomic E-state index is 11.7. The number of rotatable bonds is 0. The molecule has 0 saturated heterocycles. The molecule has 1 fully saturated rings. The summed E-state index contributed by atoms with van der Waals surface area (Å²) >= 11 is 0. The van der Waals surface area contributed by atoms with E-state index < -0.39 is 0 Å². The molecule has 0 radical (unpaired) electrons. The molecule has 18 heavy (non-hydrogen) atoms. The number of fused-ring (bicyclic) bond motifs is 2. The van der Waals surface area contributed by atoms with Crippen LogP contribution in [-0.2, 0) is 9.53 Å². The molecule has 1 saturated carbocycles. The third-order valence-electron chi connectivity index (χ3n) is 5.71. The molecule has 100 valence electrons. The van der Waals surface area contributed by atoms with Gasteiger partial charge in [-0.15, -0.1) is 0 Å². The molecule has 1 N–H and O–H groups in total. The first-order valence-corrected chi connectivity index (χ1v) is 6.95. The van der Waals surface area contributed by atoms with Crippen LogP contribution < -0.4 is 0 Å². The predicted octanol–water partition coefficient (Wildman–Crippen LogP) is 2.44. The molecular formula is C15H22O3. The van der Waals surface area contributed by atoms with Gasteiger partial charge in [-0.3, -0.25) is 0 Å². The topological polar surface area (TPSA) is 46.5 Å². The van der Waals surface area contributed by atoms with Crippen LogP contribution in [0.4, 0.5) is 0 Å². The lowest BCUT2D eigenvalue weighted by Crippen LogP contribution is -2.53. The van der Waals surface area contributed by atoms with Crippen LogP contribution in [0.1, 0.15) is 46.5 Å². The van der Waals surface area contributed by atoms with Gasteiger partial charge in [-0.1, -0.05) is 20.8 Å². The Kier molecular flexibility index (Phi) is 2.44. The molecule has 0 spiro atoms. The molecule has 0 aromatic rings. The Balaban J connectivity index is 2.11. The van der Waals surface area contributed by atoms with Crippen LogP contribution in [0.25, 0.3) is 0 Å². The molecule has 2 aliphatic carbocycles. The Hall–Kier alpha value is -0.830. The van der Waals surface area contributed by atoms with Gasteiger partial charge < -0.3 is 9.84 Å². The largest absolute Gasteiger partial charge is 0.458 e. The van der Waals surface area contributed by atoms with Gasteiger partial charge in [0.1, 0.15) is 6.61 Å². The van der Waals surface area contributed by atoms with E-state index in [1.54, 1.807) is 0 Å². The zero-order valence-electron chi connectivity index (χ0n) is 11.5. The first-order valence-electron chi connectivity index (χ1n) is 6.95. The lowest BCUT2D eigenvalue weighted by molar-refractivity contribution is -0.136. The quantitative estimate of drug-likeness (QED) is 0.672. The minimum absolute atomic E-state index is 0.153. The first-order chi connectivity index (χ1) is 8.37. The van der Waals surface area contributed by atoms with Gasteiger partial charge in [0.05, 0.1) is 6.10 Å². The lowest BCUT2D eigenvalue weighted by Gasteiger charge is -2.56. The molecule has 0 aromatic heterocycles. The van der Waals surface area contributed by atoms with E-state index in [1.807, 2.05) is 0 Å². The highest BCUT2D eigenvalue weighted by atomic mass is 16.5. The number of hydrogen-bond donors (Lipinski definition) is 1. The fraction of sp³-hybridized carbons (Fsp3) is 0.800. The summed E-state index contributed by atoms with van der Waals surface area (Å²) in [6.45, 7) is 7.13. The van der Waals surface area contributed by atoms with Crippen molar-refractivity contribution in [3.63, 3.8) is 0 Å². The lowest BCUT2D eigenvalue weighted by atomic mass is 9.49. The number of cyclic esters (lactones) is 1. The Bertz CT molecular complexity index is 435. The van der Waals surface area contributed by atoms with E-state index in [0.717, 1.165) is 36.8 Å². The van der Waals surface area contributed by atoms with Gasteiger partial charge in [-0.05, 0) is 42.6 Å². The van der Waals surface area contributed by atoms with E-state index in [0.29, 0.717) is 12.5 Å². The number of carbonyl (C=O) groups excluding carboxylic acids is 1. The van der Waals surface area contributed by atoms with Gasteiger partial charge in [-0.2, -0.15) is 0 Å². The van der Waals surface area contributed by atoms with Crippen molar-refractivity contribution in [3.05, 3.63) is 11.1 Å². The fourth-order valence-corrected chi connectivity index (χ4v) is 4.59. The standard InChI is InChI=1S/C15H22O3/c1-14(2)7-6-12(16)15(3)10-8-18-13(17)9(10)4-5-11(14)15/h11-12,16H,4-8H2,1-3H3/t11-,12-,15+/m0/s1. The van der Waals surface area contributed by atoms with Crippen molar-refractivity contribution in [1.82, 2.24) is 0 Å². The van der Waals surface area contributed by atoms with Crippen molar-refractivity contribution >= 4 is 5.97 Å². The second-order valence-corrected chi connectivity index (χ2v) is 6.95. The summed E-state index contributed by atoms with van der Waals surface area (Å²) in [7, 11) is 0. The maximum Gasteiger partial charge on any atom is 0.334 e. The maximum absolute atomic E-state index is 11.7. The van der Waals surface area contributed by atoms with Gasteiger partial charge in [0.2, 0.25) is 0 Å². The van der Waals surface area contributed by atoms with Crippen molar-refractivity contribution in [2.75, 3.05) is 6.61 Å². The normalized spacial score (nSPS) is 42.3. The zero-order chi connectivity index (χ0) is 13.1. The molecular weight excluding hydrogens is 228 g/mol. The van der Waals surface area contributed by atoms with Gasteiger partial charge in [0.15, 0.2) is 0 Å². The smallest absolute Gasteiger partial charge is 0.334 e. The monoisotopic (exact) mass is 250 g/mol. The van der Waals surface area contributed by atoms with Crippen LogP contribution in [0.5, 0.6) is 0 Å². The van der Waals surface area contributed by atoms with Crippen LogP contribution >= 0.6 is 0 Å². The molecule has 1 aliphatic heterocycles. The Morgan fingerprint density at radius 2 is 2.00 bits per heavy atom. The van der Waals surface area contributed by atoms with Crippen LogP contribution in [0, 0.1) is 16.7 Å². The van der Waals surface area contributed by atoms with Gasteiger partial charge in [0.25, 0.3) is 0 Å². The zero-order valence-corrected chi connectivity index (χ0v) is 11.5. The van der Waals surface area contributed by atoms with Crippen LogP contribution in [0.15, 0.2) is 11.1 Å². The van der Waals surface area contributed by atoms with Crippen molar-refractivity contribution in [2.45, 2.75) is 52.6 Å². The Morgan fingerprint density at radius 1 is 1.28 bits per heavy atom. The molecule has 0 amide bonds. The highest BCUT2D eigenvalue weighted by Crippen LogP contribution is 2.60. The Labute approximate surface area is 108 Å². The summed E-state index contributed by atoms with van der Waals surface area (Å²) < 4.78 is 5.21. The fourth-order valence-electron chi connectivity index (χ4n) is 4.59. The van der Waals surface area contributed by atoms with E-state index >= 15 is 0 Å². The number of aliphatic hydroxyl groups excluding tert-OH is 1. The second-order valence-electron chi connectivity index (χ2n) is 6.95.